The first kappa shape index (κ1) is 19.8. The number of fused-ring (bicyclic) bond motifs is 1. The predicted octanol–water partition coefficient (Wildman–Crippen LogP) is 5.68. The molecule has 150 valence electrons. The van der Waals surface area contributed by atoms with E-state index in [0.717, 1.165) is 16.0 Å². The molecule has 0 amide bonds. The fraction of sp³-hybridized carbons (Fsp3) is 0.143. The van der Waals surface area contributed by atoms with Crippen molar-refractivity contribution in [3.63, 3.8) is 0 Å². The molecule has 6 nitrogen and oxygen atoms in total. The molecule has 4 rings (SSSR count). The lowest BCUT2D eigenvalue weighted by molar-refractivity contribution is -0.729. The van der Waals surface area contributed by atoms with Crippen LogP contribution in [0, 0.1) is 4.91 Å². The molecule has 0 saturated carbocycles. The van der Waals surface area contributed by atoms with E-state index in [1.54, 1.807) is 42.1 Å². The molecule has 2 atom stereocenters. The van der Waals surface area contributed by atoms with Crippen molar-refractivity contribution in [3.8, 4) is 5.75 Å². The Hall–Kier alpha value is -2.52. The standard InChI is InChI=1S/C21H19NO5S2/c23-22(24)16-11-9-15(10-12-16)13-27-18-7-4-8-20-21(18)19(14-29(20,25)26)28-17-5-2-1-3-6-17/h1-12,19H,13-14H2,(H2-,23,24,25,26). The number of thioether (sulfide) groups is 1. The molecule has 1 aliphatic heterocycles. The smallest absolute Gasteiger partial charge is 0.316 e. The van der Waals surface area contributed by atoms with Gasteiger partial charge in [0.25, 0.3) is 4.92 Å². The van der Waals surface area contributed by atoms with E-state index in [4.69, 9.17) is 9.94 Å². The molecular formula is C21H19NO5S2. The molecule has 8 heteroatoms. The second-order valence-electron chi connectivity index (χ2n) is 6.62. The lowest BCUT2D eigenvalue weighted by Gasteiger charge is -2.42. The van der Waals surface area contributed by atoms with Gasteiger partial charge in [-0.1, -0.05) is 24.3 Å². The lowest BCUT2D eigenvalue weighted by atomic mass is 10.1. The molecule has 0 aromatic heterocycles. The Balaban J connectivity index is 1.58. The van der Waals surface area contributed by atoms with Gasteiger partial charge in [-0.15, -0.1) is 11.8 Å². The van der Waals surface area contributed by atoms with Crippen LogP contribution in [0.3, 0.4) is 0 Å². The fourth-order valence-corrected chi connectivity index (χ4v) is 6.80. The van der Waals surface area contributed by atoms with Crippen molar-refractivity contribution in [2.45, 2.75) is 21.6 Å². The quantitative estimate of drug-likeness (QED) is 0.490. The molecule has 0 aliphatic carbocycles. The topological polar surface area (TPSA) is 92.8 Å². The largest absolute Gasteiger partial charge is 0.764 e. The zero-order chi connectivity index (χ0) is 20.4. The molecule has 1 aliphatic rings. The van der Waals surface area contributed by atoms with Gasteiger partial charge in [0.1, 0.15) is 12.4 Å². The number of rotatable bonds is 6. The SMILES string of the molecule is O=[N+](O)c1ccc(COc2cccc3c2C(Sc2ccccc2)CS3([O-])O)cc1. The average Bonchev–Trinajstić information content (AvgIpc) is 2.98. The maximum absolute atomic E-state index is 12.8. The summed E-state index contributed by atoms with van der Waals surface area (Å²) in [5.41, 5.74) is 1.70. The van der Waals surface area contributed by atoms with Crippen molar-refractivity contribution in [3.05, 3.63) is 88.8 Å². The van der Waals surface area contributed by atoms with Crippen LogP contribution in [0.15, 0.2) is 82.6 Å². The minimum atomic E-state index is -3.11. The third kappa shape index (κ3) is 4.25. The van der Waals surface area contributed by atoms with Gasteiger partial charge in [-0.05, 0) is 42.0 Å². The monoisotopic (exact) mass is 429 g/mol. The van der Waals surface area contributed by atoms with Gasteiger partial charge in [0.2, 0.25) is 0 Å². The number of hydrogen-bond acceptors (Lipinski definition) is 5. The highest BCUT2D eigenvalue weighted by molar-refractivity contribution is 8.25. The van der Waals surface area contributed by atoms with Crippen molar-refractivity contribution in [1.29, 1.82) is 0 Å². The highest BCUT2D eigenvalue weighted by atomic mass is 32.3. The Morgan fingerprint density at radius 3 is 2.48 bits per heavy atom. The van der Waals surface area contributed by atoms with Gasteiger partial charge in [0.15, 0.2) is 0 Å². The molecule has 0 radical (unpaired) electrons. The van der Waals surface area contributed by atoms with E-state index < -0.39 is 10.6 Å². The van der Waals surface area contributed by atoms with E-state index in [0.29, 0.717) is 10.6 Å². The van der Waals surface area contributed by atoms with Crippen LogP contribution in [0.4, 0.5) is 5.69 Å². The molecule has 0 saturated heterocycles. The summed E-state index contributed by atoms with van der Waals surface area (Å²) in [4.78, 5) is 12.2. The average molecular weight is 430 g/mol. The van der Waals surface area contributed by atoms with Crippen LogP contribution in [0.2, 0.25) is 0 Å². The highest BCUT2D eigenvalue weighted by Gasteiger charge is 2.33. The normalized spacial score (nSPS) is 22.5. The summed E-state index contributed by atoms with van der Waals surface area (Å²) in [5, 5.41) is 8.73. The summed E-state index contributed by atoms with van der Waals surface area (Å²) in [5.74, 6) is 0.721. The Kier molecular flexibility index (Phi) is 5.51. The second kappa shape index (κ2) is 8.08. The van der Waals surface area contributed by atoms with E-state index in [9.17, 15) is 14.0 Å². The van der Waals surface area contributed by atoms with Gasteiger partial charge in [-0.3, -0.25) is 0 Å². The Morgan fingerprint density at radius 2 is 1.79 bits per heavy atom. The van der Waals surface area contributed by atoms with Crippen LogP contribution in [0.5, 0.6) is 5.75 Å². The van der Waals surface area contributed by atoms with Gasteiger partial charge < -0.3 is 24.4 Å². The molecule has 29 heavy (non-hydrogen) atoms. The van der Waals surface area contributed by atoms with Crippen molar-refractivity contribution in [2.75, 3.05) is 5.75 Å². The molecule has 0 bridgehead atoms. The van der Waals surface area contributed by atoms with Crippen LogP contribution in [0.1, 0.15) is 16.4 Å². The van der Waals surface area contributed by atoms with E-state index in [2.05, 4.69) is 0 Å². The number of hydrogen-bond donors (Lipinski definition) is 2. The van der Waals surface area contributed by atoms with Gasteiger partial charge >= 0.3 is 5.69 Å². The third-order valence-corrected chi connectivity index (χ3v) is 7.91. The lowest BCUT2D eigenvalue weighted by Crippen LogP contribution is -2.01. The van der Waals surface area contributed by atoms with Crippen molar-refractivity contribution >= 4 is 28.0 Å². The van der Waals surface area contributed by atoms with Crippen molar-refractivity contribution < 1.29 is 24.0 Å². The summed E-state index contributed by atoms with van der Waals surface area (Å²) in [7, 11) is -3.11. The number of ether oxygens (including phenoxy) is 1. The molecule has 2 unspecified atom stereocenters. The first-order valence-corrected chi connectivity index (χ1v) is 11.5. The van der Waals surface area contributed by atoms with Crippen molar-refractivity contribution in [2.24, 2.45) is 0 Å². The molecule has 3 aromatic carbocycles. The zero-order valence-electron chi connectivity index (χ0n) is 15.3. The van der Waals surface area contributed by atoms with Crippen LogP contribution in [-0.4, -0.2) is 25.0 Å². The summed E-state index contributed by atoms with van der Waals surface area (Å²) in [6, 6.07) is 21.4. The number of nitrogens with zero attached hydrogens (tertiary/aromatic N) is 1. The molecule has 1 heterocycles. The molecule has 0 fully saturated rings. The van der Waals surface area contributed by atoms with Gasteiger partial charge in [-0.2, -0.15) is 0 Å². The summed E-state index contributed by atoms with van der Waals surface area (Å²) in [6.07, 6.45) is 0. The van der Waals surface area contributed by atoms with E-state index in [1.807, 2.05) is 30.3 Å². The summed E-state index contributed by atoms with van der Waals surface area (Å²) >= 11 is 1.55. The highest BCUT2D eigenvalue weighted by Crippen LogP contribution is 2.64. The number of benzene rings is 3. The first-order valence-electron chi connectivity index (χ1n) is 8.91. The van der Waals surface area contributed by atoms with Crippen LogP contribution >= 0.6 is 22.4 Å². The maximum Gasteiger partial charge on any atom is 0.316 e. The molecular weight excluding hydrogens is 410 g/mol. The van der Waals surface area contributed by atoms with E-state index >= 15 is 0 Å². The molecule has 0 spiro atoms. The molecule has 3 aromatic rings. The molecule has 2 N–H and O–H groups in total. The van der Waals surface area contributed by atoms with Gasteiger partial charge in [-0.25, -0.2) is 5.21 Å². The van der Waals surface area contributed by atoms with Crippen LogP contribution in [-0.2, 0) is 6.61 Å². The second-order valence-corrected chi connectivity index (χ2v) is 9.95. The van der Waals surface area contributed by atoms with Gasteiger partial charge in [0, 0.05) is 33.2 Å². The van der Waals surface area contributed by atoms with Gasteiger partial charge in [0.05, 0.1) is 10.2 Å². The minimum absolute atomic E-state index is 0.133. The summed E-state index contributed by atoms with van der Waals surface area (Å²) < 4.78 is 29.2. The Bertz CT molecular complexity index is 1030. The summed E-state index contributed by atoms with van der Waals surface area (Å²) in [6.45, 7) is 0.233. The Morgan fingerprint density at radius 1 is 1.07 bits per heavy atom. The minimum Gasteiger partial charge on any atom is -0.764 e. The predicted molar refractivity (Wildman–Crippen MR) is 111 cm³/mol. The van der Waals surface area contributed by atoms with Crippen molar-refractivity contribution in [1.82, 2.24) is 0 Å². The van der Waals surface area contributed by atoms with E-state index in [1.165, 1.54) is 12.1 Å². The van der Waals surface area contributed by atoms with E-state index in [-0.39, 0.29) is 28.2 Å². The zero-order valence-corrected chi connectivity index (χ0v) is 16.9. The van der Waals surface area contributed by atoms with Crippen LogP contribution < -0.4 is 4.74 Å². The van der Waals surface area contributed by atoms with Crippen LogP contribution in [0.25, 0.3) is 0 Å². The Labute approximate surface area is 174 Å². The maximum atomic E-state index is 12.8. The first-order chi connectivity index (χ1) is 13.9. The fourth-order valence-electron chi connectivity index (χ4n) is 3.26. The third-order valence-electron chi connectivity index (χ3n) is 4.64.